The minimum atomic E-state index is -4.46. The summed E-state index contributed by atoms with van der Waals surface area (Å²) in [5, 5.41) is 9.09. The average Bonchev–Trinajstić information content (AvgIpc) is 3.12. The topological polar surface area (TPSA) is 81.7 Å². The van der Waals surface area contributed by atoms with Gasteiger partial charge in [0.1, 0.15) is 5.82 Å². The van der Waals surface area contributed by atoms with Crippen LogP contribution in [-0.4, -0.2) is 60.5 Å². The maximum atomic E-state index is 13.0. The van der Waals surface area contributed by atoms with Gasteiger partial charge in [-0.05, 0) is 25.5 Å². The van der Waals surface area contributed by atoms with Gasteiger partial charge in [-0.3, -0.25) is 9.79 Å². The number of carbonyl (C=O) groups excluding carboxylic acids is 1. The molecule has 1 aromatic heterocycles. The number of aliphatic imine (C=N–C) groups is 1. The molecule has 164 valence electrons. The van der Waals surface area contributed by atoms with Crippen LogP contribution < -0.4 is 16.0 Å². The Hall–Kier alpha value is -1.79. The Morgan fingerprint density at radius 3 is 2.79 bits per heavy atom. The van der Waals surface area contributed by atoms with Crippen LogP contribution in [0, 0.1) is 0 Å². The molecular formula is C18H28F3IN6O. The maximum Gasteiger partial charge on any atom is 0.419 e. The van der Waals surface area contributed by atoms with E-state index in [2.05, 4.69) is 25.9 Å². The normalized spacial score (nSPS) is 16.9. The predicted octanol–water partition coefficient (Wildman–Crippen LogP) is 2.70. The number of alkyl halides is 3. The lowest BCUT2D eigenvalue weighted by Gasteiger charge is -2.18. The van der Waals surface area contributed by atoms with Crippen molar-refractivity contribution < 1.29 is 18.0 Å². The fourth-order valence-corrected chi connectivity index (χ4v) is 2.96. The molecule has 11 heteroatoms. The Kier molecular flexibility index (Phi) is 10.5. The number of anilines is 1. The van der Waals surface area contributed by atoms with Crippen LogP contribution >= 0.6 is 24.0 Å². The summed E-state index contributed by atoms with van der Waals surface area (Å²) in [5.74, 6) is 0.510. The van der Waals surface area contributed by atoms with Crippen LogP contribution in [0.1, 0.15) is 32.3 Å². The molecule has 1 aromatic rings. The van der Waals surface area contributed by atoms with Crippen molar-refractivity contribution in [2.75, 3.05) is 38.0 Å². The van der Waals surface area contributed by atoms with Crippen molar-refractivity contribution in [2.45, 2.75) is 38.9 Å². The largest absolute Gasteiger partial charge is 0.419 e. The Balaban J connectivity index is 0.00000420. The third-order valence-electron chi connectivity index (χ3n) is 4.32. The molecule has 0 aliphatic carbocycles. The van der Waals surface area contributed by atoms with E-state index in [1.54, 1.807) is 0 Å². The van der Waals surface area contributed by atoms with Gasteiger partial charge < -0.3 is 20.9 Å². The molecule has 0 bridgehead atoms. The first-order valence-corrected chi connectivity index (χ1v) is 9.43. The third kappa shape index (κ3) is 7.86. The number of hydrogen-bond acceptors (Lipinski definition) is 4. The summed E-state index contributed by atoms with van der Waals surface area (Å²) in [6.45, 7) is 6.24. The van der Waals surface area contributed by atoms with E-state index < -0.39 is 11.7 Å². The summed E-state index contributed by atoms with van der Waals surface area (Å²) in [4.78, 5) is 21.8. The van der Waals surface area contributed by atoms with Crippen LogP contribution in [0.5, 0.6) is 0 Å². The second-order valence-corrected chi connectivity index (χ2v) is 6.41. The van der Waals surface area contributed by atoms with Crippen molar-refractivity contribution >= 4 is 41.7 Å². The Labute approximate surface area is 185 Å². The highest BCUT2D eigenvalue weighted by molar-refractivity contribution is 14.0. The van der Waals surface area contributed by atoms with E-state index in [0.29, 0.717) is 32.0 Å². The quantitative estimate of drug-likeness (QED) is 0.220. The molecule has 1 atom stereocenters. The van der Waals surface area contributed by atoms with Crippen LogP contribution in [0.3, 0.4) is 0 Å². The summed E-state index contributed by atoms with van der Waals surface area (Å²) in [6.07, 6.45) is -1.83. The van der Waals surface area contributed by atoms with Crippen molar-refractivity contribution in [3.05, 3.63) is 23.9 Å². The summed E-state index contributed by atoms with van der Waals surface area (Å²) in [5.41, 5.74) is -0.796. The molecule has 29 heavy (non-hydrogen) atoms. The highest BCUT2D eigenvalue weighted by Crippen LogP contribution is 2.33. The molecule has 2 heterocycles. The van der Waals surface area contributed by atoms with Crippen molar-refractivity contribution in [3.63, 3.8) is 0 Å². The number of pyridine rings is 1. The van der Waals surface area contributed by atoms with Gasteiger partial charge in [-0.15, -0.1) is 24.0 Å². The van der Waals surface area contributed by atoms with Crippen LogP contribution in [-0.2, 0) is 11.0 Å². The fraction of sp³-hybridized carbons (Fsp3) is 0.611. The maximum absolute atomic E-state index is 13.0. The number of guanidine groups is 1. The van der Waals surface area contributed by atoms with Crippen molar-refractivity contribution in [2.24, 2.45) is 4.99 Å². The number of amides is 1. The van der Waals surface area contributed by atoms with Gasteiger partial charge in [0.15, 0.2) is 5.96 Å². The lowest BCUT2D eigenvalue weighted by molar-refractivity contribution is -0.137. The zero-order valence-corrected chi connectivity index (χ0v) is 18.9. The van der Waals surface area contributed by atoms with E-state index in [1.165, 1.54) is 12.3 Å². The van der Waals surface area contributed by atoms with Gasteiger partial charge in [-0.1, -0.05) is 6.92 Å². The van der Waals surface area contributed by atoms with E-state index in [1.807, 2.05) is 18.7 Å². The highest BCUT2D eigenvalue weighted by atomic mass is 127. The van der Waals surface area contributed by atoms with Gasteiger partial charge in [-0.2, -0.15) is 13.2 Å². The summed E-state index contributed by atoms with van der Waals surface area (Å²) < 4.78 is 38.9. The van der Waals surface area contributed by atoms with Crippen LogP contribution in [0.2, 0.25) is 0 Å². The van der Waals surface area contributed by atoms with Gasteiger partial charge in [0.25, 0.3) is 0 Å². The first-order valence-electron chi connectivity index (χ1n) is 9.43. The number of nitrogens with one attached hydrogen (secondary N) is 3. The molecule has 1 aliphatic heterocycles. The zero-order chi connectivity index (χ0) is 20.6. The zero-order valence-electron chi connectivity index (χ0n) is 16.6. The number of rotatable bonds is 7. The van der Waals surface area contributed by atoms with Gasteiger partial charge in [0, 0.05) is 44.8 Å². The molecule has 1 aliphatic rings. The smallest absolute Gasteiger partial charge is 0.368 e. The predicted molar refractivity (Wildman–Crippen MR) is 118 cm³/mol. The monoisotopic (exact) mass is 528 g/mol. The van der Waals surface area contributed by atoms with Crippen LogP contribution in [0.25, 0.3) is 0 Å². The summed E-state index contributed by atoms with van der Waals surface area (Å²) in [6, 6.07) is 2.36. The molecular weight excluding hydrogens is 500 g/mol. The van der Waals surface area contributed by atoms with Gasteiger partial charge in [0.2, 0.25) is 5.91 Å². The fourth-order valence-electron chi connectivity index (χ4n) is 2.96. The van der Waals surface area contributed by atoms with Crippen LogP contribution in [0.4, 0.5) is 19.0 Å². The van der Waals surface area contributed by atoms with Crippen molar-refractivity contribution in [1.82, 2.24) is 20.5 Å². The summed E-state index contributed by atoms with van der Waals surface area (Å²) >= 11 is 0. The highest BCUT2D eigenvalue weighted by Gasteiger charge is 2.34. The number of hydrogen-bond donors (Lipinski definition) is 3. The first-order chi connectivity index (χ1) is 13.3. The number of carbonyl (C=O) groups is 1. The Morgan fingerprint density at radius 1 is 1.38 bits per heavy atom. The average molecular weight is 528 g/mol. The molecule has 7 nitrogen and oxygen atoms in total. The lowest BCUT2D eigenvalue weighted by atomic mass is 10.2. The van der Waals surface area contributed by atoms with E-state index >= 15 is 0 Å². The third-order valence-corrected chi connectivity index (χ3v) is 4.32. The second kappa shape index (κ2) is 12.0. The lowest BCUT2D eigenvalue weighted by Crippen LogP contribution is -2.45. The first kappa shape index (κ1) is 25.2. The molecule has 3 N–H and O–H groups in total. The second-order valence-electron chi connectivity index (χ2n) is 6.41. The van der Waals surface area contributed by atoms with Crippen molar-refractivity contribution in [3.8, 4) is 0 Å². The number of halogens is 4. The molecule has 1 saturated heterocycles. The molecule has 0 saturated carbocycles. The van der Waals surface area contributed by atoms with Gasteiger partial charge in [0.05, 0.1) is 12.1 Å². The number of aromatic nitrogens is 1. The van der Waals surface area contributed by atoms with E-state index in [-0.39, 0.29) is 54.8 Å². The van der Waals surface area contributed by atoms with Crippen LogP contribution in [0.15, 0.2) is 23.3 Å². The molecule has 2 rings (SSSR count). The van der Waals surface area contributed by atoms with E-state index in [9.17, 15) is 18.0 Å². The van der Waals surface area contributed by atoms with E-state index in [4.69, 9.17) is 0 Å². The Morgan fingerprint density at radius 2 is 2.14 bits per heavy atom. The van der Waals surface area contributed by atoms with Crippen molar-refractivity contribution in [1.29, 1.82) is 0 Å². The molecule has 1 fully saturated rings. The molecule has 0 aromatic carbocycles. The SMILES string of the molecule is CCNC(=NCCNc1ncccc1C(F)(F)F)NC1CCN(C(=O)CC)C1.I. The minimum Gasteiger partial charge on any atom is -0.368 e. The Bertz CT molecular complexity index is 686. The van der Waals surface area contributed by atoms with Gasteiger partial charge >= 0.3 is 6.18 Å². The van der Waals surface area contributed by atoms with E-state index in [0.717, 1.165) is 12.5 Å². The standard InChI is InChI=1S/C18H27F3N6O.HI/c1-3-15(28)27-11-7-13(12-27)26-17(22-4-2)25-10-9-24-16-14(18(19,20)21)6-5-8-23-16;/h5-6,8,13H,3-4,7,9-12H2,1-2H3,(H,23,24)(H2,22,25,26);1H. The molecule has 0 spiro atoms. The molecule has 1 amide bonds. The molecule has 0 radical (unpaired) electrons. The van der Waals surface area contributed by atoms with Gasteiger partial charge in [-0.25, -0.2) is 4.98 Å². The number of likely N-dealkylation sites (tertiary alicyclic amines) is 1. The summed E-state index contributed by atoms with van der Waals surface area (Å²) in [7, 11) is 0. The number of nitrogens with zero attached hydrogens (tertiary/aromatic N) is 3. The minimum absolute atomic E-state index is 0. The molecule has 1 unspecified atom stereocenters.